The van der Waals surface area contributed by atoms with Crippen LogP contribution in [0.25, 0.3) is 6.08 Å². The van der Waals surface area contributed by atoms with Gasteiger partial charge in [-0.05, 0) is 45.3 Å². The third-order valence-electron chi connectivity index (χ3n) is 2.70. The van der Waals surface area contributed by atoms with Crippen LogP contribution in [0.2, 0.25) is 0 Å². The van der Waals surface area contributed by atoms with Gasteiger partial charge in [-0.2, -0.15) is 0 Å². The molecule has 0 aliphatic rings. The molecule has 0 aliphatic heterocycles. The van der Waals surface area contributed by atoms with Crippen LogP contribution in [0.1, 0.15) is 38.7 Å². The molecule has 0 atom stereocenters. The first-order valence-electron chi connectivity index (χ1n) is 6.93. The summed E-state index contributed by atoms with van der Waals surface area (Å²) in [7, 11) is 0. The van der Waals surface area contributed by atoms with Gasteiger partial charge in [-0.15, -0.1) is 0 Å². The van der Waals surface area contributed by atoms with Gasteiger partial charge in [0.05, 0.1) is 6.61 Å². The third kappa shape index (κ3) is 5.87. The molecule has 0 saturated carbocycles. The van der Waals surface area contributed by atoms with E-state index in [2.05, 4.69) is 24.4 Å². The Balaban J connectivity index is 2.22. The average molecular weight is 247 g/mol. The van der Waals surface area contributed by atoms with E-state index in [1.54, 1.807) is 0 Å². The van der Waals surface area contributed by atoms with Gasteiger partial charge < -0.3 is 10.1 Å². The SMILES string of the molecule is CC=Cc1ccccc1OCCCCNCCC. The van der Waals surface area contributed by atoms with E-state index in [0.717, 1.165) is 37.4 Å². The molecule has 1 aromatic carbocycles. The van der Waals surface area contributed by atoms with Gasteiger partial charge in [-0.1, -0.05) is 37.3 Å². The van der Waals surface area contributed by atoms with E-state index in [1.165, 1.54) is 12.8 Å². The Bertz CT molecular complexity index is 347. The second-order valence-electron chi connectivity index (χ2n) is 4.34. The Morgan fingerprint density at radius 3 is 2.78 bits per heavy atom. The molecule has 100 valence electrons. The van der Waals surface area contributed by atoms with E-state index in [1.807, 2.05) is 31.2 Å². The van der Waals surface area contributed by atoms with Crippen molar-refractivity contribution in [2.75, 3.05) is 19.7 Å². The number of nitrogens with one attached hydrogen (secondary N) is 1. The van der Waals surface area contributed by atoms with E-state index in [-0.39, 0.29) is 0 Å². The van der Waals surface area contributed by atoms with E-state index in [4.69, 9.17) is 4.74 Å². The molecule has 0 aliphatic carbocycles. The Hall–Kier alpha value is -1.28. The normalized spacial score (nSPS) is 11.0. The molecule has 0 saturated heterocycles. The zero-order valence-electron chi connectivity index (χ0n) is 11.6. The molecular weight excluding hydrogens is 222 g/mol. The molecule has 0 unspecified atom stereocenters. The Kier molecular flexibility index (Phi) is 7.98. The van der Waals surface area contributed by atoms with Crippen molar-refractivity contribution >= 4 is 6.08 Å². The van der Waals surface area contributed by atoms with E-state index >= 15 is 0 Å². The first-order valence-corrected chi connectivity index (χ1v) is 6.93. The Morgan fingerprint density at radius 2 is 2.00 bits per heavy atom. The minimum absolute atomic E-state index is 0.794. The van der Waals surface area contributed by atoms with E-state index in [9.17, 15) is 0 Å². The van der Waals surface area contributed by atoms with E-state index in [0.29, 0.717) is 0 Å². The third-order valence-corrected chi connectivity index (χ3v) is 2.70. The predicted molar refractivity (Wildman–Crippen MR) is 79.0 cm³/mol. The average Bonchev–Trinajstić information content (AvgIpc) is 2.40. The molecule has 1 N–H and O–H groups in total. The van der Waals surface area contributed by atoms with Crippen LogP contribution in [-0.2, 0) is 0 Å². The highest BCUT2D eigenvalue weighted by Gasteiger charge is 1.98. The maximum absolute atomic E-state index is 5.82. The van der Waals surface area contributed by atoms with Crippen LogP contribution in [0.15, 0.2) is 30.3 Å². The zero-order chi connectivity index (χ0) is 13.1. The molecule has 2 nitrogen and oxygen atoms in total. The number of allylic oxidation sites excluding steroid dienone is 1. The van der Waals surface area contributed by atoms with Crippen molar-refractivity contribution in [3.8, 4) is 5.75 Å². The summed E-state index contributed by atoms with van der Waals surface area (Å²) in [5.41, 5.74) is 1.16. The summed E-state index contributed by atoms with van der Waals surface area (Å²) in [5.74, 6) is 0.983. The van der Waals surface area contributed by atoms with Gasteiger partial charge in [0.1, 0.15) is 5.75 Å². The standard InChI is InChI=1S/C16H25NO/c1-3-9-15-10-5-6-11-16(15)18-14-8-7-13-17-12-4-2/h3,5-6,9-11,17H,4,7-8,12-14H2,1-2H3. The summed E-state index contributed by atoms with van der Waals surface area (Å²) in [6.45, 7) is 7.21. The molecule has 0 amide bonds. The zero-order valence-corrected chi connectivity index (χ0v) is 11.6. The van der Waals surface area contributed by atoms with Crippen molar-refractivity contribution in [3.05, 3.63) is 35.9 Å². The lowest BCUT2D eigenvalue weighted by Crippen LogP contribution is -2.16. The molecule has 0 fully saturated rings. The minimum Gasteiger partial charge on any atom is -0.493 e. The Morgan fingerprint density at radius 1 is 1.17 bits per heavy atom. The molecule has 0 heterocycles. The topological polar surface area (TPSA) is 21.3 Å². The highest BCUT2D eigenvalue weighted by molar-refractivity contribution is 5.56. The number of ether oxygens (including phenoxy) is 1. The van der Waals surface area contributed by atoms with Gasteiger partial charge >= 0.3 is 0 Å². The summed E-state index contributed by atoms with van der Waals surface area (Å²) in [6.07, 6.45) is 7.59. The van der Waals surface area contributed by atoms with Gasteiger partial charge in [0.15, 0.2) is 0 Å². The molecule has 1 rings (SSSR count). The molecule has 0 aromatic heterocycles. The highest BCUT2D eigenvalue weighted by Crippen LogP contribution is 2.19. The van der Waals surface area contributed by atoms with Crippen LogP contribution in [0, 0.1) is 0 Å². The summed E-state index contributed by atoms with van der Waals surface area (Å²) < 4.78 is 5.82. The molecule has 1 aromatic rings. The maximum atomic E-state index is 5.82. The van der Waals surface area contributed by atoms with Gasteiger partial charge in [0.2, 0.25) is 0 Å². The van der Waals surface area contributed by atoms with Crippen molar-refractivity contribution < 1.29 is 4.74 Å². The fraction of sp³-hybridized carbons (Fsp3) is 0.500. The lowest BCUT2D eigenvalue weighted by molar-refractivity contribution is 0.305. The lowest BCUT2D eigenvalue weighted by atomic mass is 10.2. The largest absolute Gasteiger partial charge is 0.493 e. The number of benzene rings is 1. The maximum Gasteiger partial charge on any atom is 0.126 e. The van der Waals surface area contributed by atoms with Crippen LogP contribution < -0.4 is 10.1 Å². The van der Waals surface area contributed by atoms with Gasteiger partial charge in [-0.3, -0.25) is 0 Å². The van der Waals surface area contributed by atoms with Crippen LogP contribution in [0.4, 0.5) is 0 Å². The molecule has 0 bridgehead atoms. The smallest absolute Gasteiger partial charge is 0.126 e. The van der Waals surface area contributed by atoms with Crippen LogP contribution in [-0.4, -0.2) is 19.7 Å². The fourth-order valence-electron chi connectivity index (χ4n) is 1.77. The molecule has 2 heteroatoms. The number of hydrogen-bond donors (Lipinski definition) is 1. The van der Waals surface area contributed by atoms with Gasteiger partial charge in [0, 0.05) is 5.56 Å². The first-order chi connectivity index (χ1) is 8.88. The second kappa shape index (κ2) is 9.72. The van der Waals surface area contributed by atoms with Crippen LogP contribution >= 0.6 is 0 Å². The van der Waals surface area contributed by atoms with Crippen molar-refractivity contribution in [1.82, 2.24) is 5.32 Å². The quantitative estimate of drug-likeness (QED) is 0.669. The molecular formula is C16H25NO. The number of hydrogen-bond acceptors (Lipinski definition) is 2. The van der Waals surface area contributed by atoms with Crippen molar-refractivity contribution in [2.45, 2.75) is 33.1 Å². The summed E-state index contributed by atoms with van der Waals surface area (Å²) in [6, 6.07) is 8.17. The second-order valence-corrected chi connectivity index (χ2v) is 4.34. The first kappa shape index (κ1) is 14.8. The monoisotopic (exact) mass is 247 g/mol. The van der Waals surface area contributed by atoms with Crippen molar-refractivity contribution in [1.29, 1.82) is 0 Å². The molecule has 0 radical (unpaired) electrons. The van der Waals surface area contributed by atoms with Gasteiger partial charge in [-0.25, -0.2) is 0 Å². The fourth-order valence-corrected chi connectivity index (χ4v) is 1.77. The van der Waals surface area contributed by atoms with Crippen molar-refractivity contribution in [3.63, 3.8) is 0 Å². The highest BCUT2D eigenvalue weighted by atomic mass is 16.5. The van der Waals surface area contributed by atoms with E-state index < -0.39 is 0 Å². The number of para-hydroxylation sites is 1. The number of unbranched alkanes of at least 4 members (excludes halogenated alkanes) is 1. The van der Waals surface area contributed by atoms with Crippen LogP contribution in [0.3, 0.4) is 0 Å². The van der Waals surface area contributed by atoms with Crippen LogP contribution in [0.5, 0.6) is 5.75 Å². The minimum atomic E-state index is 0.794. The number of rotatable bonds is 9. The summed E-state index contributed by atoms with van der Waals surface area (Å²) in [4.78, 5) is 0. The molecule has 18 heavy (non-hydrogen) atoms. The van der Waals surface area contributed by atoms with Gasteiger partial charge in [0.25, 0.3) is 0 Å². The summed E-state index contributed by atoms with van der Waals surface area (Å²) >= 11 is 0. The Labute approximate surface area is 111 Å². The lowest BCUT2D eigenvalue weighted by Gasteiger charge is -2.09. The molecule has 0 spiro atoms. The summed E-state index contributed by atoms with van der Waals surface area (Å²) in [5, 5.41) is 3.40. The van der Waals surface area contributed by atoms with Crippen molar-refractivity contribution in [2.24, 2.45) is 0 Å². The predicted octanol–water partition coefficient (Wildman–Crippen LogP) is 3.88.